The summed E-state index contributed by atoms with van der Waals surface area (Å²) >= 11 is 0. The standard InChI is InChI=1S/C9H13N5/c1-2-3-14-6-4-5(10)7(11)9(13)8(6)12/h1,4,14H,3,10-13H2. The second kappa shape index (κ2) is 3.66. The van der Waals surface area contributed by atoms with Crippen molar-refractivity contribution >= 4 is 28.4 Å². The van der Waals surface area contributed by atoms with Crippen molar-refractivity contribution in [2.45, 2.75) is 0 Å². The Labute approximate surface area is 82.4 Å². The molecule has 0 amide bonds. The van der Waals surface area contributed by atoms with Crippen LogP contribution in [-0.2, 0) is 0 Å². The van der Waals surface area contributed by atoms with Gasteiger partial charge in [-0.25, -0.2) is 0 Å². The molecule has 1 aromatic carbocycles. The van der Waals surface area contributed by atoms with Gasteiger partial charge in [0.1, 0.15) is 0 Å². The van der Waals surface area contributed by atoms with Crippen LogP contribution in [0.15, 0.2) is 6.07 Å². The average molecular weight is 191 g/mol. The fourth-order valence-electron chi connectivity index (χ4n) is 1.05. The lowest BCUT2D eigenvalue weighted by Crippen LogP contribution is -2.08. The van der Waals surface area contributed by atoms with E-state index in [-0.39, 0.29) is 5.69 Å². The first-order chi connectivity index (χ1) is 6.57. The monoisotopic (exact) mass is 191 g/mol. The third kappa shape index (κ3) is 1.59. The van der Waals surface area contributed by atoms with E-state index in [1.807, 2.05) is 0 Å². The Morgan fingerprint density at radius 1 is 1.14 bits per heavy atom. The zero-order valence-corrected chi connectivity index (χ0v) is 7.67. The summed E-state index contributed by atoms with van der Waals surface area (Å²) in [6.45, 7) is 0.354. The molecule has 0 spiro atoms. The number of nitrogen functional groups attached to an aromatic ring is 4. The van der Waals surface area contributed by atoms with Crippen LogP contribution in [0.2, 0.25) is 0 Å². The predicted octanol–water partition coefficient (Wildman–Crippen LogP) is 0.0605. The Balaban J connectivity index is 3.14. The van der Waals surface area contributed by atoms with Gasteiger partial charge in [-0.15, -0.1) is 6.42 Å². The van der Waals surface area contributed by atoms with Crippen LogP contribution in [0.1, 0.15) is 0 Å². The van der Waals surface area contributed by atoms with Gasteiger partial charge in [0.25, 0.3) is 0 Å². The molecule has 0 saturated heterocycles. The summed E-state index contributed by atoms with van der Waals surface area (Å²) in [5.41, 5.74) is 24.5. The van der Waals surface area contributed by atoms with Crippen LogP contribution in [0.25, 0.3) is 0 Å². The topological polar surface area (TPSA) is 116 Å². The lowest BCUT2D eigenvalue weighted by molar-refractivity contribution is 1.38. The zero-order chi connectivity index (χ0) is 10.7. The van der Waals surface area contributed by atoms with Crippen LogP contribution in [-0.4, -0.2) is 6.54 Å². The number of hydrogen-bond acceptors (Lipinski definition) is 5. The van der Waals surface area contributed by atoms with Gasteiger partial charge in [0.05, 0.1) is 35.0 Å². The van der Waals surface area contributed by atoms with Crippen LogP contribution in [0.3, 0.4) is 0 Å². The van der Waals surface area contributed by atoms with Gasteiger partial charge < -0.3 is 28.3 Å². The van der Waals surface area contributed by atoms with E-state index in [2.05, 4.69) is 11.2 Å². The summed E-state index contributed by atoms with van der Waals surface area (Å²) in [6, 6.07) is 1.61. The van der Waals surface area contributed by atoms with Crippen molar-refractivity contribution in [3.63, 3.8) is 0 Å². The molecule has 74 valence electrons. The number of rotatable bonds is 2. The number of terminal acetylenes is 1. The minimum Gasteiger partial charge on any atom is -0.397 e. The number of hydrogen-bond donors (Lipinski definition) is 5. The Morgan fingerprint density at radius 3 is 2.36 bits per heavy atom. The van der Waals surface area contributed by atoms with E-state index >= 15 is 0 Å². The van der Waals surface area contributed by atoms with Crippen LogP contribution in [0, 0.1) is 12.3 Å². The first-order valence-corrected chi connectivity index (χ1v) is 3.98. The highest BCUT2D eigenvalue weighted by Crippen LogP contribution is 2.35. The zero-order valence-electron chi connectivity index (χ0n) is 7.67. The molecule has 0 aromatic heterocycles. The minimum absolute atomic E-state index is 0.282. The molecule has 5 nitrogen and oxygen atoms in total. The lowest BCUT2D eigenvalue weighted by atomic mass is 10.1. The largest absolute Gasteiger partial charge is 0.397 e. The molecule has 14 heavy (non-hydrogen) atoms. The quantitative estimate of drug-likeness (QED) is 0.335. The SMILES string of the molecule is C#CCNc1cc(N)c(N)c(N)c1N. The van der Waals surface area contributed by atoms with E-state index in [4.69, 9.17) is 29.4 Å². The van der Waals surface area contributed by atoms with Crippen LogP contribution < -0.4 is 28.3 Å². The van der Waals surface area contributed by atoms with Crippen molar-refractivity contribution < 1.29 is 0 Å². The Hall–Kier alpha value is -2.22. The van der Waals surface area contributed by atoms with Crippen molar-refractivity contribution in [2.24, 2.45) is 0 Å². The summed E-state index contributed by atoms with van der Waals surface area (Å²) in [5, 5.41) is 2.89. The molecule has 0 fully saturated rings. The van der Waals surface area contributed by atoms with Crippen molar-refractivity contribution in [3.8, 4) is 12.3 Å². The van der Waals surface area contributed by atoms with Gasteiger partial charge >= 0.3 is 0 Å². The van der Waals surface area contributed by atoms with Gasteiger partial charge in [-0.2, -0.15) is 0 Å². The molecule has 1 aromatic rings. The molecule has 5 heteroatoms. The second-order valence-corrected chi connectivity index (χ2v) is 2.81. The number of nitrogens with one attached hydrogen (secondary N) is 1. The molecular formula is C9H13N5. The first kappa shape index (κ1) is 9.86. The Bertz CT molecular complexity index is 391. The Kier molecular flexibility index (Phi) is 2.58. The highest BCUT2D eigenvalue weighted by atomic mass is 14.9. The normalized spacial score (nSPS) is 9.36. The van der Waals surface area contributed by atoms with Crippen molar-refractivity contribution in [1.82, 2.24) is 0 Å². The molecule has 0 aliphatic carbocycles. The van der Waals surface area contributed by atoms with Crippen molar-refractivity contribution in [1.29, 1.82) is 0 Å². The molecule has 0 saturated carbocycles. The smallest absolute Gasteiger partial charge is 0.0824 e. The highest BCUT2D eigenvalue weighted by Gasteiger charge is 2.08. The molecule has 0 bridgehead atoms. The molecule has 0 unspecified atom stereocenters. The minimum atomic E-state index is 0.282. The second-order valence-electron chi connectivity index (χ2n) is 2.81. The lowest BCUT2D eigenvalue weighted by Gasteiger charge is -2.13. The van der Waals surface area contributed by atoms with Crippen LogP contribution in [0.4, 0.5) is 28.4 Å². The summed E-state index contributed by atoms with van der Waals surface area (Å²) in [6.07, 6.45) is 5.09. The Morgan fingerprint density at radius 2 is 1.79 bits per heavy atom. The molecule has 0 aliphatic heterocycles. The molecule has 0 heterocycles. The van der Waals surface area contributed by atoms with E-state index in [1.54, 1.807) is 6.07 Å². The summed E-state index contributed by atoms with van der Waals surface area (Å²) < 4.78 is 0. The average Bonchev–Trinajstić information content (AvgIpc) is 2.18. The van der Waals surface area contributed by atoms with E-state index in [9.17, 15) is 0 Å². The van der Waals surface area contributed by atoms with Crippen LogP contribution >= 0.6 is 0 Å². The predicted molar refractivity (Wildman–Crippen MR) is 61.4 cm³/mol. The maximum atomic E-state index is 5.70. The maximum absolute atomic E-state index is 5.70. The molecule has 1 rings (SSSR count). The number of anilines is 5. The fraction of sp³-hybridized carbons (Fsp3) is 0.111. The van der Waals surface area contributed by atoms with E-state index in [0.29, 0.717) is 29.3 Å². The van der Waals surface area contributed by atoms with Crippen LogP contribution in [0.5, 0.6) is 0 Å². The highest BCUT2D eigenvalue weighted by molar-refractivity contribution is 5.94. The van der Waals surface area contributed by atoms with E-state index in [1.165, 1.54) is 0 Å². The van der Waals surface area contributed by atoms with Gasteiger partial charge in [-0.1, -0.05) is 5.92 Å². The molecule has 9 N–H and O–H groups in total. The number of nitrogens with two attached hydrogens (primary N) is 4. The molecule has 0 radical (unpaired) electrons. The van der Waals surface area contributed by atoms with Gasteiger partial charge in [-0.05, 0) is 6.07 Å². The van der Waals surface area contributed by atoms with Gasteiger partial charge in [0, 0.05) is 0 Å². The molecule has 0 atom stereocenters. The third-order valence-corrected chi connectivity index (χ3v) is 1.86. The molecular weight excluding hydrogens is 178 g/mol. The first-order valence-electron chi connectivity index (χ1n) is 3.98. The number of benzene rings is 1. The van der Waals surface area contributed by atoms with Gasteiger partial charge in [0.2, 0.25) is 0 Å². The van der Waals surface area contributed by atoms with Crippen molar-refractivity contribution in [3.05, 3.63) is 6.07 Å². The van der Waals surface area contributed by atoms with Crippen molar-refractivity contribution in [2.75, 3.05) is 34.8 Å². The van der Waals surface area contributed by atoms with Gasteiger partial charge in [0.15, 0.2) is 0 Å². The summed E-state index contributed by atoms with van der Waals surface area (Å²) in [5.74, 6) is 2.42. The maximum Gasteiger partial charge on any atom is 0.0824 e. The van der Waals surface area contributed by atoms with E-state index in [0.717, 1.165) is 0 Å². The van der Waals surface area contributed by atoms with Gasteiger partial charge in [-0.3, -0.25) is 0 Å². The molecule has 0 aliphatic rings. The third-order valence-electron chi connectivity index (χ3n) is 1.86. The fourth-order valence-corrected chi connectivity index (χ4v) is 1.05. The summed E-state index contributed by atoms with van der Waals surface area (Å²) in [4.78, 5) is 0. The summed E-state index contributed by atoms with van der Waals surface area (Å²) in [7, 11) is 0. The van der Waals surface area contributed by atoms with E-state index < -0.39 is 0 Å².